The fraction of sp³-hybridized carbons (Fsp3) is 0.459. The number of thiophene rings is 1. The molecule has 0 radical (unpaired) electrons. The largest absolute Gasteiger partial charge is 0.479 e. The van der Waals surface area contributed by atoms with Crippen molar-refractivity contribution in [1.29, 1.82) is 0 Å². The molecule has 1 aromatic carbocycles. The number of aromatic nitrogens is 2. The molecule has 1 saturated heterocycles. The van der Waals surface area contributed by atoms with Gasteiger partial charge in [0.15, 0.2) is 0 Å². The van der Waals surface area contributed by atoms with Crippen molar-refractivity contribution in [2.24, 2.45) is 5.92 Å². The number of nitrogens with zero attached hydrogens (tertiary/aromatic N) is 3. The van der Waals surface area contributed by atoms with Crippen molar-refractivity contribution in [3.63, 3.8) is 0 Å². The lowest BCUT2D eigenvalue weighted by molar-refractivity contribution is -0.145. The Hall–Kier alpha value is -4.78. The summed E-state index contributed by atoms with van der Waals surface area (Å²) in [5, 5.41) is 24.1. The van der Waals surface area contributed by atoms with E-state index in [0.717, 1.165) is 30.4 Å². The van der Waals surface area contributed by atoms with Gasteiger partial charge in [0.2, 0.25) is 11.8 Å². The number of rotatable bonds is 5. The lowest BCUT2D eigenvalue weighted by atomic mass is 9.99. The Morgan fingerprint density at radius 3 is 2.56 bits per heavy atom. The molecule has 3 aromatic rings. The maximum atomic E-state index is 14.4. The minimum absolute atomic E-state index is 0.0214. The van der Waals surface area contributed by atoms with Gasteiger partial charge in [-0.2, -0.15) is 16.4 Å². The van der Waals surface area contributed by atoms with Gasteiger partial charge in [0, 0.05) is 24.4 Å². The first-order chi connectivity index (χ1) is 23.9. The Morgan fingerprint density at radius 1 is 1.08 bits per heavy atom. The van der Waals surface area contributed by atoms with Crippen molar-refractivity contribution in [1.82, 2.24) is 25.3 Å². The van der Waals surface area contributed by atoms with Crippen LogP contribution in [-0.2, 0) is 19.1 Å². The van der Waals surface area contributed by atoms with Gasteiger partial charge in [-0.25, -0.2) is 14.3 Å². The molecule has 0 spiro atoms. The van der Waals surface area contributed by atoms with Gasteiger partial charge < -0.3 is 25.4 Å². The van der Waals surface area contributed by atoms with E-state index in [4.69, 9.17) is 4.74 Å². The van der Waals surface area contributed by atoms with Crippen LogP contribution >= 0.6 is 11.3 Å². The van der Waals surface area contributed by atoms with E-state index in [0.29, 0.717) is 24.0 Å². The van der Waals surface area contributed by atoms with E-state index >= 15 is 0 Å². The minimum Gasteiger partial charge on any atom is -0.479 e. The first kappa shape index (κ1) is 35.1. The molecule has 6 rings (SSSR count). The Balaban J connectivity index is 1.38. The average Bonchev–Trinajstić information content (AvgIpc) is 3.38. The van der Waals surface area contributed by atoms with Crippen molar-refractivity contribution in [2.75, 3.05) is 6.54 Å². The number of ether oxygens (including phenoxy) is 1. The lowest BCUT2D eigenvalue weighted by Crippen LogP contribution is -2.56. The topological polar surface area (TPSA) is 160 Å². The summed E-state index contributed by atoms with van der Waals surface area (Å²) in [6.45, 7) is 5.13. The molecule has 13 heteroatoms. The van der Waals surface area contributed by atoms with Gasteiger partial charge in [-0.05, 0) is 74.4 Å². The number of carboxylic acid groups (broad SMARTS) is 1. The summed E-state index contributed by atoms with van der Waals surface area (Å²) >= 11 is 1.46. The van der Waals surface area contributed by atoms with Gasteiger partial charge in [0.25, 0.3) is 5.56 Å². The van der Waals surface area contributed by atoms with Crippen LogP contribution in [-0.4, -0.2) is 73.4 Å². The van der Waals surface area contributed by atoms with E-state index < -0.39 is 53.1 Å². The quantitative estimate of drug-likeness (QED) is 0.308. The zero-order valence-corrected chi connectivity index (χ0v) is 29.3. The highest BCUT2D eigenvalue weighted by Crippen LogP contribution is 2.45. The smallest absolute Gasteiger partial charge is 0.408 e. The molecular formula is C37H43N5O7S. The molecule has 50 heavy (non-hydrogen) atoms. The van der Waals surface area contributed by atoms with Crippen molar-refractivity contribution in [3.8, 4) is 22.3 Å². The number of hydrogen-bond donors (Lipinski definition) is 3. The summed E-state index contributed by atoms with van der Waals surface area (Å²) in [4.78, 5) is 69.6. The van der Waals surface area contributed by atoms with E-state index in [9.17, 15) is 29.1 Å². The second-order valence-corrected chi connectivity index (χ2v) is 15.1. The van der Waals surface area contributed by atoms with Crippen molar-refractivity contribution < 1.29 is 29.0 Å². The van der Waals surface area contributed by atoms with Crippen molar-refractivity contribution >= 4 is 35.2 Å². The van der Waals surface area contributed by atoms with Crippen LogP contribution < -0.4 is 16.2 Å². The van der Waals surface area contributed by atoms with Crippen molar-refractivity contribution in [2.45, 2.75) is 95.0 Å². The third-order valence-electron chi connectivity index (χ3n) is 9.57. The zero-order chi connectivity index (χ0) is 35.6. The number of amides is 3. The molecule has 12 nitrogen and oxygen atoms in total. The maximum absolute atomic E-state index is 14.4. The van der Waals surface area contributed by atoms with Crippen LogP contribution in [0, 0.1) is 5.92 Å². The lowest BCUT2D eigenvalue weighted by Gasteiger charge is -2.30. The minimum atomic E-state index is -1.48. The first-order valence-electron chi connectivity index (χ1n) is 17.1. The van der Waals surface area contributed by atoms with Gasteiger partial charge >= 0.3 is 12.1 Å². The fourth-order valence-corrected chi connectivity index (χ4v) is 7.60. The van der Waals surface area contributed by atoms with Crippen LogP contribution in [0.5, 0.6) is 0 Å². The number of hydrogen-bond acceptors (Lipinski definition) is 8. The molecular weight excluding hydrogens is 659 g/mol. The molecule has 1 saturated carbocycles. The molecule has 0 unspecified atom stereocenters. The van der Waals surface area contributed by atoms with Gasteiger partial charge in [0.05, 0.1) is 17.8 Å². The van der Waals surface area contributed by atoms with Gasteiger partial charge in [-0.3, -0.25) is 14.4 Å². The van der Waals surface area contributed by atoms with Crippen LogP contribution in [0.3, 0.4) is 0 Å². The summed E-state index contributed by atoms with van der Waals surface area (Å²) in [5.41, 5.74) is 0.0117. The number of aliphatic carboxylic acids is 1. The highest BCUT2D eigenvalue weighted by atomic mass is 32.1. The highest BCUT2D eigenvalue weighted by molar-refractivity contribution is 7.08. The van der Waals surface area contributed by atoms with Crippen molar-refractivity contribution in [3.05, 3.63) is 75.9 Å². The number of carboxylic acids is 1. The Labute approximate surface area is 294 Å². The molecule has 4 heterocycles. The molecule has 3 N–H and O–H groups in total. The van der Waals surface area contributed by atoms with Crippen LogP contribution in [0.2, 0.25) is 0 Å². The molecule has 5 atom stereocenters. The standard InChI is InChI=1S/C37H43N5O7S/c1-36(2,3)49-35(48)39-28-15-11-6-4-5-10-14-25-19-37(25,34(46)47)40-31(43)29-18-26(21-41(29)32(28)44)42-33(45)30(24-16-17-50-22-24)27(20-38-42)23-12-8-7-9-13-23/h7-10,12-14,16-17,20,22,25-26,28-29H,4-6,11,15,18-19,21H2,1-3H3,(H,39,48)(H,40,43)(H,46,47)/t25-,26-,28+,29+,37-/m1/s1. The Morgan fingerprint density at radius 2 is 1.86 bits per heavy atom. The SMILES string of the molecule is CC(C)(C)OC(=O)N[C@H]1CCCCCC=C[C@@H]2C[C@@]2(C(=O)O)NC(=O)[C@@H]2C[C@@H](n3ncc(-c4ccccc4)c(-c4ccsc4)c3=O)CN2C1=O. The van der Waals surface area contributed by atoms with Crippen LogP contribution in [0.4, 0.5) is 4.79 Å². The van der Waals surface area contributed by atoms with E-state index in [1.807, 2.05) is 59.3 Å². The number of fused-ring (bicyclic) bond motifs is 2. The van der Waals surface area contributed by atoms with E-state index in [1.54, 1.807) is 27.0 Å². The number of carbonyl (C=O) groups is 4. The summed E-state index contributed by atoms with van der Waals surface area (Å²) in [6, 6.07) is 8.51. The van der Waals surface area contributed by atoms with E-state index in [2.05, 4.69) is 15.7 Å². The third-order valence-corrected chi connectivity index (χ3v) is 10.3. The molecule has 3 amide bonds. The second kappa shape index (κ2) is 14.2. The predicted octanol–water partition coefficient (Wildman–Crippen LogP) is 5.15. The normalized spacial score (nSPS) is 25.8. The number of nitrogens with one attached hydrogen (secondary N) is 2. The predicted molar refractivity (Wildman–Crippen MR) is 188 cm³/mol. The molecule has 2 aliphatic heterocycles. The molecule has 0 bridgehead atoms. The summed E-state index contributed by atoms with van der Waals surface area (Å²) in [6.07, 6.45) is 8.20. The average molecular weight is 702 g/mol. The molecule has 1 aliphatic carbocycles. The summed E-state index contributed by atoms with van der Waals surface area (Å²) in [7, 11) is 0. The number of benzene rings is 1. The molecule has 2 fully saturated rings. The van der Waals surface area contributed by atoms with Crippen LogP contribution in [0.15, 0.2) is 70.3 Å². The number of allylic oxidation sites excluding steroid dienone is 1. The maximum Gasteiger partial charge on any atom is 0.408 e. The second-order valence-electron chi connectivity index (χ2n) is 14.3. The molecule has 264 valence electrons. The van der Waals surface area contributed by atoms with E-state index in [-0.39, 0.29) is 30.9 Å². The fourth-order valence-electron chi connectivity index (χ4n) is 6.95. The van der Waals surface area contributed by atoms with Crippen LogP contribution in [0.25, 0.3) is 22.3 Å². The molecule has 3 aliphatic rings. The van der Waals surface area contributed by atoms with E-state index in [1.165, 1.54) is 20.9 Å². The van der Waals surface area contributed by atoms with Gasteiger partial charge in [-0.15, -0.1) is 0 Å². The zero-order valence-electron chi connectivity index (χ0n) is 28.5. The Kier molecular flexibility index (Phi) is 9.97. The third kappa shape index (κ3) is 7.37. The summed E-state index contributed by atoms with van der Waals surface area (Å²) < 4.78 is 6.81. The first-order valence-corrected chi connectivity index (χ1v) is 18.0. The van der Waals surface area contributed by atoms with Gasteiger partial charge in [0.1, 0.15) is 23.2 Å². The number of alkyl carbamates (subject to hydrolysis) is 1. The summed E-state index contributed by atoms with van der Waals surface area (Å²) in [5.74, 6) is -2.65. The molecule has 2 aromatic heterocycles. The van der Waals surface area contributed by atoms with Crippen LogP contribution in [0.1, 0.15) is 71.8 Å². The number of carbonyl (C=O) groups excluding carboxylic acids is 3. The highest BCUT2D eigenvalue weighted by Gasteiger charge is 2.61. The van der Waals surface area contributed by atoms with Gasteiger partial charge in [-0.1, -0.05) is 55.3 Å². The monoisotopic (exact) mass is 701 g/mol. The Bertz CT molecular complexity index is 1830.